The van der Waals surface area contributed by atoms with Gasteiger partial charge in [-0.15, -0.1) is 0 Å². The number of nitrogens with two attached hydrogens (primary N) is 1. The van der Waals surface area contributed by atoms with Crippen LogP contribution in [0.15, 0.2) is 52.5 Å². The maximum absolute atomic E-state index is 12.1. The van der Waals surface area contributed by atoms with Crippen molar-refractivity contribution >= 4 is 33.2 Å². The van der Waals surface area contributed by atoms with Gasteiger partial charge in [-0.1, -0.05) is 13.0 Å². The fourth-order valence-corrected chi connectivity index (χ4v) is 4.31. The molecule has 1 heterocycles. The lowest BCUT2D eigenvalue weighted by Crippen LogP contribution is -2.17. The summed E-state index contributed by atoms with van der Waals surface area (Å²) in [5, 5.41) is 9.18. The van der Waals surface area contributed by atoms with E-state index in [1.807, 2.05) is 6.92 Å². The Hall–Kier alpha value is -3.38. The average molecular weight is 426 g/mol. The Morgan fingerprint density at radius 2 is 2.13 bits per heavy atom. The van der Waals surface area contributed by atoms with E-state index >= 15 is 0 Å². The number of nitrogens with one attached hydrogen (secondary N) is 1. The van der Waals surface area contributed by atoms with Gasteiger partial charge in [-0.2, -0.15) is 5.26 Å². The lowest BCUT2D eigenvalue weighted by atomic mass is 10.0. The number of aryl methyl sites for hydroxylation is 1. The van der Waals surface area contributed by atoms with E-state index in [1.54, 1.807) is 29.0 Å². The number of hydrogen-bond donors (Lipinski definition) is 2. The number of aliphatic imine (C=N–C) groups is 1. The summed E-state index contributed by atoms with van der Waals surface area (Å²) in [7, 11) is -3.42. The van der Waals surface area contributed by atoms with E-state index in [9.17, 15) is 18.5 Å². The predicted octanol–water partition coefficient (Wildman–Crippen LogP) is 2.74. The monoisotopic (exact) mass is 425 g/mol. The Morgan fingerprint density at radius 1 is 1.37 bits per heavy atom. The highest BCUT2D eigenvalue weighted by atomic mass is 32.2. The van der Waals surface area contributed by atoms with Gasteiger partial charge in [-0.25, -0.2) is 8.42 Å². The van der Waals surface area contributed by atoms with Crippen LogP contribution in [0.1, 0.15) is 37.3 Å². The molecular formula is C21H23N5O3S. The number of anilines is 1. The van der Waals surface area contributed by atoms with Gasteiger partial charge in [0.15, 0.2) is 0 Å². The summed E-state index contributed by atoms with van der Waals surface area (Å²) in [6.07, 6.45) is 6.64. The van der Waals surface area contributed by atoms with E-state index < -0.39 is 10.0 Å². The fraction of sp³-hybridized carbons (Fsp3) is 0.286. The van der Waals surface area contributed by atoms with Crippen LogP contribution in [0.3, 0.4) is 0 Å². The lowest BCUT2D eigenvalue weighted by Gasteiger charge is -2.10. The van der Waals surface area contributed by atoms with Crippen LogP contribution >= 0.6 is 0 Å². The second kappa shape index (κ2) is 8.97. The van der Waals surface area contributed by atoms with Crippen LogP contribution in [0.2, 0.25) is 0 Å². The second-order valence-corrected chi connectivity index (χ2v) is 8.98. The molecule has 1 aromatic heterocycles. The highest BCUT2D eigenvalue weighted by Gasteiger charge is 2.35. The van der Waals surface area contributed by atoms with Gasteiger partial charge in [-0.3, -0.25) is 14.5 Å². The Balaban J connectivity index is 1.86. The summed E-state index contributed by atoms with van der Waals surface area (Å²) in [5.41, 5.74) is 7.86. The minimum Gasteiger partial charge on any atom is -0.404 e. The number of aromatic nitrogens is 1. The summed E-state index contributed by atoms with van der Waals surface area (Å²) >= 11 is 0. The third kappa shape index (κ3) is 4.96. The van der Waals surface area contributed by atoms with Crippen LogP contribution in [0, 0.1) is 11.3 Å². The third-order valence-corrected chi connectivity index (χ3v) is 6.51. The van der Waals surface area contributed by atoms with Crippen LogP contribution in [-0.4, -0.2) is 24.4 Å². The van der Waals surface area contributed by atoms with Crippen molar-refractivity contribution in [1.29, 1.82) is 5.26 Å². The molecule has 3 N–H and O–H groups in total. The maximum atomic E-state index is 12.1. The average Bonchev–Trinajstić information content (AvgIpc) is 3.57. The summed E-state index contributed by atoms with van der Waals surface area (Å²) < 4.78 is 28.4. The molecule has 0 radical (unpaired) electrons. The fourth-order valence-electron chi connectivity index (χ4n) is 2.94. The van der Waals surface area contributed by atoms with Gasteiger partial charge >= 0.3 is 0 Å². The van der Waals surface area contributed by atoms with Crippen LogP contribution < -0.4 is 16.0 Å². The van der Waals surface area contributed by atoms with Gasteiger partial charge in [0, 0.05) is 48.0 Å². The number of pyridine rings is 1. The molecular weight excluding hydrogens is 402 g/mol. The summed E-state index contributed by atoms with van der Waals surface area (Å²) in [6, 6.07) is 9.84. The number of allylic oxidation sites excluding steroid dienone is 1. The van der Waals surface area contributed by atoms with E-state index in [1.165, 1.54) is 24.5 Å². The van der Waals surface area contributed by atoms with Gasteiger partial charge < -0.3 is 10.3 Å². The molecule has 1 aromatic carbocycles. The molecule has 0 bridgehead atoms. The first kappa shape index (κ1) is 21.3. The van der Waals surface area contributed by atoms with Crippen LogP contribution in [0.4, 0.5) is 11.4 Å². The SMILES string of the molecule is CCCn1cc(N=CC(=CN)c2ccc(NS(=O)(=O)C3CC3)cc2C#N)ccc1=O. The van der Waals surface area contributed by atoms with Crippen LogP contribution in [0.25, 0.3) is 5.57 Å². The number of benzene rings is 1. The zero-order valence-electron chi connectivity index (χ0n) is 16.6. The molecule has 0 amide bonds. The summed E-state index contributed by atoms with van der Waals surface area (Å²) in [5.74, 6) is 0. The highest BCUT2D eigenvalue weighted by molar-refractivity contribution is 7.93. The Kier molecular flexibility index (Phi) is 6.37. The number of hydrogen-bond acceptors (Lipinski definition) is 6. The molecule has 30 heavy (non-hydrogen) atoms. The Labute approximate surface area is 175 Å². The molecule has 1 fully saturated rings. The molecule has 0 unspecified atom stereocenters. The quantitative estimate of drug-likeness (QED) is 0.628. The Morgan fingerprint density at radius 3 is 2.77 bits per heavy atom. The molecule has 0 atom stereocenters. The molecule has 1 saturated carbocycles. The minimum absolute atomic E-state index is 0.0959. The molecule has 156 valence electrons. The number of nitrogens with zero attached hydrogens (tertiary/aromatic N) is 3. The molecule has 8 nitrogen and oxygen atoms in total. The first-order chi connectivity index (χ1) is 14.4. The largest absolute Gasteiger partial charge is 0.404 e. The third-order valence-electron chi connectivity index (χ3n) is 4.64. The predicted molar refractivity (Wildman–Crippen MR) is 118 cm³/mol. The lowest BCUT2D eigenvalue weighted by molar-refractivity contribution is 0.600. The van der Waals surface area contributed by atoms with Gasteiger partial charge in [0.05, 0.1) is 22.6 Å². The van der Waals surface area contributed by atoms with E-state index in [-0.39, 0.29) is 16.4 Å². The molecule has 3 rings (SSSR count). The molecule has 0 aliphatic heterocycles. The number of sulfonamides is 1. The molecule has 2 aromatic rings. The highest BCUT2D eigenvalue weighted by Crippen LogP contribution is 2.30. The van der Waals surface area contributed by atoms with Crippen molar-refractivity contribution in [2.75, 3.05) is 4.72 Å². The van der Waals surface area contributed by atoms with Crippen molar-refractivity contribution in [3.05, 3.63) is 64.2 Å². The Bertz CT molecular complexity index is 1200. The smallest absolute Gasteiger partial charge is 0.250 e. The van der Waals surface area contributed by atoms with Crippen molar-refractivity contribution in [2.24, 2.45) is 10.7 Å². The molecule has 9 heteroatoms. The van der Waals surface area contributed by atoms with Gasteiger partial charge in [0.25, 0.3) is 5.56 Å². The zero-order chi connectivity index (χ0) is 21.7. The molecule has 0 spiro atoms. The van der Waals surface area contributed by atoms with Crippen molar-refractivity contribution < 1.29 is 8.42 Å². The van der Waals surface area contributed by atoms with E-state index in [0.717, 1.165) is 6.42 Å². The topological polar surface area (TPSA) is 130 Å². The summed E-state index contributed by atoms with van der Waals surface area (Å²) in [6.45, 7) is 2.58. The minimum atomic E-state index is -3.42. The van der Waals surface area contributed by atoms with Crippen LogP contribution in [-0.2, 0) is 16.6 Å². The molecule has 1 aliphatic rings. The van der Waals surface area contributed by atoms with Gasteiger partial charge in [0.2, 0.25) is 10.0 Å². The normalized spacial score (nSPS) is 14.6. The number of rotatable bonds is 8. The molecule has 0 saturated heterocycles. The second-order valence-electron chi connectivity index (χ2n) is 7.02. The van der Waals surface area contributed by atoms with E-state index in [4.69, 9.17) is 5.73 Å². The van der Waals surface area contributed by atoms with Crippen molar-refractivity contribution in [2.45, 2.75) is 38.0 Å². The first-order valence-electron chi connectivity index (χ1n) is 9.60. The zero-order valence-corrected chi connectivity index (χ0v) is 17.4. The van der Waals surface area contributed by atoms with Crippen molar-refractivity contribution in [1.82, 2.24) is 4.57 Å². The summed E-state index contributed by atoms with van der Waals surface area (Å²) in [4.78, 5) is 16.2. The van der Waals surface area contributed by atoms with Crippen molar-refractivity contribution in [3.8, 4) is 6.07 Å². The van der Waals surface area contributed by atoms with Gasteiger partial charge in [0.1, 0.15) is 0 Å². The van der Waals surface area contributed by atoms with Gasteiger partial charge in [-0.05, 0) is 37.5 Å². The standard InChI is InChI=1S/C21H23N5O3S/c1-2-9-26-14-18(4-8-21(26)27)24-13-16(12-23)20-7-3-17(10-15(20)11-22)25-30(28,29)19-5-6-19/h3-4,7-8,10,12-14,19,25H,2,5-6,9,23H2,1H3. The maximum Gasteiger partial charge on any atom is 0.250 e. The first-order valence-corrected chi connectivity index (χ1v) is 11.1. The number of nitriles is 1. The molecule has 1 aliphatic carbocycles. The van der Waals surface area contributed by atoms with E-state index in [0.29, 0.717) is 41.9 Å². The van der Waals surface area contributed by atoms with E-state index in [2.05, 4.69) is 15.8 Å². The van der Waals surface area contributed by atoms with Crippen LogP contribution in [0.5, 0.6) is 0 Å². The van der Waals surface area contributed by atoms with Crippen molar-refractivity contribution in [3.63, 3.8) is 0 Å².